The molecule has 1 aromatic carbocycles. The van der Waals surface area contributed by atoms with Crippen LogP contribution in [0.5, 0.6) is 0 Å². The Morgan fingerprint density at radius 1 is 1.28 bits per heavy atom. The fraction of sp³-hybridized carbons (Fsp3) is 0.417. The number of carbonyl (C=O) groups is 1. The molecule has 0 aliphatic carbocycles. The molecule has 1 aromatic rings. The van der Waals surface area contributed by atoms with E-state index in [1.165, 1.54) is 0 Å². The van der Waals surface area contributed by atoms with Gasteiger partial charge in [-0.3, -0.25) is 4.79 Å². The van der Waals surface area contributed by atoms with Gasteiger partial charge in [0, 0.05) is 22.2 Å². The molecule has 0 aromatic heterocycles. The van der Waals surface area contributed by atoms with Crippen molar-refractivity contribution in [2.24, 2.45) is 5.73 Å². The molecule has 0 bridgehead atoms. The van der Waals surface area contributed by atoms with Crippen molar-refractivity contribution in [2.45, 2.75) is 18.4 Å². The van der Waals surface area contributed by atoms with E-state index in [0.29, 0.717) is 31.7 Å². The van der Waals surface area contributed by atoms with E-state index in [-0.39, 0.29) is 5.91 Å². The molecule has 1 heterocycles. The van der Waals surface area contributed by atoms with E-state index in [2.05, 4.69) is 37.2 Å². The number of ether oxygens (including phenoxy) is 1. The number of amides is 1. The number of halogens is 2. The predicted octanol–water partition coefficient (Wildman–Crippen LogP) is 2.66. The Labute approximate surface area is 123 Å². The van der Waals surface area contributed by atoms with Crippen LogP contribution in [-0.4, -0.2) is 24.7 Å². The molecule has 0 spiro atoms. The van der Waals surface area contributed by atoms with Gasteiger partial charge in [0.05, 0.1) is 5.69 Å². The van der Waals surface area contributed by atoms with Gasteiger partial charge in [0.1, 0.15) is 5.54 Å². The highest BCUT2D eigenvalue weighted by Gasteiger charge is 2.36. The van der Waals surface area contributed by atoms with Crippen LogP contribution in [0.2, 0.25) is 0 Å². The maximum atomic E-state index is 12.3. The fourth-order valence-corrected chi connectivity index (χ4v) is 3.01. The molecule has 0 atom stereocenters. The summed E-state index contributed by atoms with van der Waals surface area (Å²) in [6.45, 7) is 1.06. The molecule has 0 unspecified atom stereocenters. The van der Waals surface area contributed by atoms with E-state index in [9.17, 15) is 4.79 Å². The largest absolute Gasteiger partial charge is 0.381 e. The predicted molar refractivity (Wildman–Crippen MR) is 77.4 cm³/mol. The van der Waals surface area contributed by atoms with Crippen LogP contribution in [0.1, 0.15) is 12.8 Å². The van der Waals surface area contributed by atoms with Gasteiger partial charge in [-0.2, -0.15) is 0 Å². The molecule has 1 aliphatic heterocycles. The van der Waals surface area contributed by atoms with Crippen molar-refractivity contribution in [1.29, 1.82) is 0 Å². The Kier molecular flexibility index (Phi) is 4.42. The number of para-hydroxylation sites is 1. The van der Waals surface area contributed by atoms with Gasteiger partial charge in [-0.05, 0) is 56.8 Å². The number of nitrogens with one attached hydrogen (secondary N) is 1. The van der Waals surface area contributed by atoms with Crippen LogP contribution in [0.15, 0.2) is 27.1 Å². The van der Waals surface area contributed by atoms with Gasteiger partial charge in [0.2, 0.25) is 5.91 Å². The molecule has 18 heavy (non-hydrogen) atoms. The monoisotopic (exact) mass is 376 g/mol. The maximum absolute atomic E-state index is 12.3. The van der Waals surface area contributed by atoms with E-state index >= 15 is 0 Å². The van der Waals surface area contributed by atoms with Gasteiger partial charge in [-0.15, -0.1) is 0 Å². The topological polar surface area (TPSA) is 64.4 Å². The Balaban J connectivity index is 2.16. The lowest BCUT2D eigenvalue weighted by molar-refractivity contribution is -0.124. The molecule has 4 nitrogen and oxygen atoms in total. The van der Waals surface area contributed by atoms with E-state index in [1.807, 2.05) is 18.2 Å². The minimum atomic E-state index is -0.840. The summed E-state index contributed by atoms with van der Waals surface area (Å²) in [4.78, 5) is 12.3. The fourth-order valence-electron chi connectivity index (χ4n) is 1.82. The van der Waals surface area contributed by atoms with E-state index < -0.39 is 5.54 Å². The molecule has 1 saturated heterocycles. The van der Waals surface area contributed by atoms with Crippen LogP contribution in [-0.2, 0) is 9.53 Å². The van der Waals surface area contributed by atoms with Crippen molar-refractivity contribution in [2.75, 3.05) is 18.5 Å². The molecule has 1 aliphatic rings. The second-order valence-corrected chi connectivity index (χ2v) is 6.03. The van der Waals surface area contributed by atoms with Gasteiger partial charge in [-0.25, -0.2) is 0 Å². The average molecular weight is 378 g/mol. The minimum Gasteiger partial charge on any atom is -0.381 e. The molecule has 6 heteroatoms. The van der Waals surface area contributed by atoms with Crippen LogP contribution in [0.4, 0.5) is 5.69 Å². The van der Waals surface area contributed by atoms with Gasteiger partial charge < -0.3 is 15.8 Å². The molecule has 3 N–H and O–H groups in total. The highest BCUT2D eigenvalue weighted by molar-refractivity contribution is 9.11. The second-order valence-electron chi connectivity index (χ2n) is 4.32. The first-order chi connectivity index (χ1) is 8.53. The molecule has 98 valence electrons. The van der Waals surface area contributed by atoms with Gasteiger partial charge in [0.25, 0.3) is 0 Å². The minimum absolute atomic E-state index is 0.168. The second kappa shape index (κ2) is 5.69. The van der Waals surface area contributed by atoms with Crippen molar-refractivity contribution < 1.29 is 9.53 Å². The summed E-state index contributed by atoms with van der Waals surface area (Å²) in [5, 5.41) is 2.88. The van der Waals surface area contributed by atoms with Crippen LogP contribution in [0.3, 0.4) is 0 Å². The molecular weight excluding hydrogens is 364 g/mol. The van der Waals surface area contributed by atoms with Gasteiger partial charge in [-0.1, -0.05) is 6.07 Å². The summed E-state index contributed by atoms with van der Waals surface area (Å²) in [6, 6.07) is 5.62. The number of nitrogens with two attached hydrogens (primary N) is 1. The van der Waals surface area contributed by atoms with Crippen molar-refractivity contribution in [3.63, 3.8) is 0 Å². The number of hydrogen-bond acceptors (Lipinski definition) is 3. The first kappa shape index (κ1) is 14.0. The van der Waals surface area contributed by atoms with Crippen LogP contribution in [0, 0.1) is 0 Å². The number of rotatable bonds is 2. The van der Waals surface area contributed by atoms with Crippen LogP contribution >= 0.6 is 31.9 Å². The molecule has 1 amide bonds. The molecule has 0 radical (unpaired) electrons. The molecule has 1 fully saturated rings. The Morgan fingerprint density at radius 2 is 1.83 bits per heavy atom. The highest BCUT2D eigenvalue weighted by Crippen LogP contribution is 2.31. The first-order valence-electron chi connectivity index (χ1n) is 5.65. The van der Waals surface area contributed by atoms with Gasteiger partial charge in [0.15, 0.2) is 0 Å². The van der Waals surface area contributed by atoms with Crippen LogP contribution in [0.25, 0.3) is 0 Å². The number of benzene rings is 1. The molecule has 0 saturated carbocycles. The highest BCUT2D eigenvalue weighted by atomic mass is 79.9. The lowest BCUT2D eigenvalue weighted by atomic mass is 9.90. The summed E-state index contributed by atoms with van der Waals surface area (Å²) in [5.74, 6) is -0.168. The molecular formula is C12H14Br2N2O2. The third-order valence-corrected chi connectivity index (χ3v) is 4.36. The van der Waals surface area contributed by atoms with Crippen molar-refractivity contribution in [3.05, 3.63) is 27.1 Å². The summed E-state index contributed by atoms with van der Waals surface area (Å²) >= 11 is 6.81. The summed E-state index contributed by atoms with van der Waals surface area (Å²) in [7, 11) is 0. The van der Waals surface area contributed by atoms with E-state index in [0.717, 1.165) is 8.95 Å². The smallest absolute Gasteiger partial charge is 0.244 e. The average Bonchev–Trinajstić information content (AvgIpc) is 2.34. The zero-order valence-electron chi connectivity index (χ0n) is 9.71. The quantitative estimate of drug-likeness (QED) is 0.832. The summed E-state index contributed by atoms with van der Waals surface area (Å²) in [6.07, 6.45) is 1.09. The number of anilines is 1. The third kappa shape index (κ3) is 2.93. The number of hydrogen-bond donors (Lipinski definition) is 2. The first-order valence-corrected chi connectivity index (χ1v) is 7.24. The number of carbonyl (C=O) groups excluding carboxylic acids is 1. The molecule has 2 rings (SSSR count). The maximum Gasteiger partial charge on any atom is 0.244 e. The Hall–Kier alpha value is -0.430. The lowest BCUT2D eigenvalue weighted by Gasteiger charge is -2.32. The summed E-state index contributed by atoms with van der Waals surface area (Å²) < 4.78 is 6.87. The van der Waals surface area contributed by atoms with Crippen molar-refractivity contribution >= 4 is 43.5 Å². The Bertz CT molecular complexity index is 439. The normalized spacial score (nSPS) is 18.4. The zero-order valence-corrected chi connectivity index (χ0v) is 12.9. The summed E-state index contributed by atoms with van der Waals surface area (Å²) in [5.41, 5.74) is 5.99. The van der Waals surface area contributed by atoms with E-state index in [4.69, 9.17) is 10.5 Å². The van der Waals surface area contributed by atoms with Gasteiger partial charge >= 0.3 is 0 Å². The Morgan fingerprint density at radius 3 is 2.39 bits per heavy atom. The zero-order chi connectivity index (χ0) is 13.2. The van der Waals surface area contributed by atoms with Crippen LogP contribution < -0.4 is 11.1 Å². The lowest BCUT2D eigenvalue weighted by Crippen LogP contribution is -2.54. The SMILES string of the molecule is NC1(C(=O)Nc2c(Br)cccc2Br)CCOCC1. The van der Waals surface area contributed by atoms with E-state index in [1.54, 1.807) is 0 Å². The standard InChI is InChI=1S/C12H14Br2N2O2/c13-8-2-1-3-9(14)10(8)16-11(17)12(15)4-6-18-7-5-12/h1-3H,4-7,15H2,(H,16,17). The van der Waals surface area contributed by atoms with Crippen molar-refractivity contribution in [3.8, 4) is 0 Å². The third-order valence-electron chi connectivity index (χ3n) is 3.04. The van der Waals surface area contributed by atoms with Crippen molar-refractivity contribution in [1.82, 2.24) is 0 Å².